The first-order chi connectivity index (χ1) is 13.5. The van der Waals surface area contributed by atoms with Crippen molar-refractivity contribution in [3.8, 4) is 5.75 Å². The minimum atomic E-state index is -3.56. The van der Waals surface area contributed by atoms with Crippen molar-refractivity contribution >= 4 is 19.5 Å². The molecule has 1 N–H and O–H groups in total. The summed E-state index contributed by atoms with van der Waals surface area (Å²) >= 11 is 0. The highest BCUT2D eigenvalue weighted by atomic mass is 31.2. The molecule has 1 aromatic rings. The van der Waals surface area contributed by atoms with Crippen molar-refractivity contribution < 1.29 is 23.5 Å². The molecule has 0 spiro atoms. The molecule has 0 fully saturated rings. The Labute approximate surface area is 181 Å². The number of aromatic hydroxyl groups is 1. The number of benzene rings is 1. The Morgan fingerprint density at radius 3 is 1.70 bits per heavy atom. The summed E-state index contributed by atoms with van der Waals surface area (Å²) in [5.41, 5.74) is 2.24. The zero-order chi connectivity index (χ0) is 23.5. The Balaban J connectivity index is 3.25. The summed E-state index contributed by atoms with van der Waals surface area (Å²) in [5, 5.41) is 9.51. The number of allylic oxidation sites excluding steroid dienone is 3. The van der Waals surface area contributed by atoms with Gasteiger partial charge in [-0.25, -0.2) is 0 Å². The van der Waals surface area contributed by atoms with Gasteiger partial charge in [-0.3, -0.25) is 9.36 Å². The van der Waals surface area contributed by atoms with Gasteiger partial charge in [0.15, 0.2) is 5.78 Å². The molecule has 0 radical (unpaired) electrons. The van der Waals surface area contributed by atoms with Crippen molar-refractivity contribution in [1.29, 1.82) is 0 Å². The van der Waals surface area contributed by atoms with E-state index in [2.05, 4.69) is 41.5 Å². The number of carbonyl (C=O) groups excluding carboxylic acids is 1. The van der Waals surface area contributed by atoms with Gasteiger partial charge in [0, 0.05) is 25.3 Å². The van der Waals surface area contributed by atoms with Gasteiger partial charge in [-0.1, -0.05) is 59.8 Å². The van der Waals surface area contributed by atoms with E-state index in [1.54, 1.807) is 26.0 Å². The fraction of sp³-hybridized carbons (Fsp3) is 0.542. The fourth-order valence-corrected chi connectivity index (χ4v) is 4.48. The second-order valence-electron chi connectivity index (χ2n) is 9.97. The lowest BCUT2D eigenvalue weighted by Gasteiger charge is -2.28. The summed E-state index contributed by atoms with van der Waals surface area (Å²) in [7, 11) is -1.01. The van der Waals surface area contributed by atoms with Crippen LogP contribution < -0.4 is 0 Å². The predicted octanol–water partition coefficient (Wildman–Crippen LogP) is 6.39. The zero-order valence-electron chi connectivity index (χ0n) is 20.0. The summed E-state index contributed by atoms with van der Waals surface area (Å²) in [5.74, 6) is -0.0230. The highest BCUT2D eigenvalue weighted by molar-refractivity contribution is 7.56. The number of phenols is 1. The number of phenolic OH excluding ortho intramolecular Hbond substituents is 1. The molecule has 0 bridgehead atoms. The van der Waals surface area contributed by atoms with Gasteiger partial charge >= 0.3 is 7.60 Å². The first kappa shape index (κ1) is 26.4. The van der Waals surface area contributed by atoms with Gasteiger partial charge in [-0.15, -0.1) is 0 Å². The second kappa shape index (κ2) is 9.21. The first-order valence-corrected chi connectivity index (χ1v) is 11.5. The van der Waals surface area contributed by atoms with Crippen molar-refractivity contribution in [2.45, 2.75) is 71.4 Å². The summed E-state index contributed by atoms with van der Waals surface area (Å²) in [6.45, 7) is 15.5. The van der Waals surface area contributed by atoms with Crippen LogP contribution >= 0.6 is 7.60 Å². The summed E-state index contributed by atoms with van der Waals surface area (Å²) < 4.78 is 22.6. The molecule has 0 aliphatic rings. The van der Waals surface area contributed by atoms with Gasteiger partial charge < -0.3 is 14.2 Å². The standard InChI is InChI=1S/C24H37O5P/c1-22(2,3)18-15-17(16-19(21(18)26)23(4,5)6)13-11-12-14-20(25)24(7,8)30(27,28-9)29-10/h11-16,26H,1-10H3/b13-11+,14-12+. The van der Waals surface area contributed by atoms with Crippen LogP contribution in [0.2, 0.25) is 0 Å². The Bertz CT molecular complexity index is 837. The van der Waals surface area contributed by atoms with Gasteiger partial charge in [0.25, 0.3) is 0 Å². The molecule has 6 heteroatoms. The van der Waals surface area contributed by atoms with Crippen LogP contribution in [-0.4, -0.2) is 30.3 Å². The van der Waals surface area contributed by atoms with Gasteiger partial charge in [-0.2, -0.15) is 0 Å². The average molecular weight is 437 g/mol. The quantitative estimate of drug-likeness (QED) is 0.305. The molecule has 0 aliphatic carbocycles. The summed E-state index contributed by atoms with van der Waals surface area (Å²) in [6, 6.07) is 3.93. The highest BCUT2D eigenvalue weighted by Gasteiger charge is 2.46. The molecule has 168 valence electrons. The van der Waals surface area contributed by atoms with Crippen LogP contribution in [0.5, 0.6) is 5.75 Å². The number of hydrogen-bond donors (Lipinski definition) is 1. The first-order valence-electron chi connectivity index (χ1n) is 10.00. The maximum Gasteiger partial charge on any atom is 0.343 e. The molecule has 30 heavy (non-hydrogen) atoms. The topological polar surface area (TPSA) is 72.8 Å². The number of rotatable bonds is 7. The molecule has 0 amide bonds. The van der Waals surface area contributed by atoms with Crippen molar-refractivity contribution in [2.24, 2.45) is 0 Å². The van der Waals surface area contributed by atoms with Crippen molar-refractivity contribution in [2.75, 3.05) is 14.2 Å². The van der Waals surface area contributed by atoms with Crippen LogP contribution in [-0.2, 0) is 29.2 Å². The van der Waals surface area contributed by atoms with E-state index in [1.165, 1.54) is 20.3 Å². The van der Waals surface area contributed by atoms with Crippen LogP contribution in [0.1, 0.15) is 72.1 Å². The summed E-state index contributed by atoms with van der Waals surface area (Å²) in [4.78, 5) is 12.6. The maximum absolute atomic E-state index is 12.6. The lowest BCUT2D eigenvalue weighted by atomic mass is 9.78. The summed E-state index contributed by atoms with van der Waals surface area (Å²) in [6.07, 6.45) is 6.62. The van der Waals surface area contributed by atoms with Gasteiger partial charge in [-0.05, 0) is 48.4 Å². The molecule has 0 unspecified atom stereocenters. The molecule has 1 rings (SSSR count). The fourth-order valence-electron chi connectivity index (χ4n) is 3.08. The molecule has 1 aromatic carbocycles. The molecule has 0 aliphatic heterocycles. The maximum atomic E-state index is 12.6. The molecule has 0 heterocycles. The number of carbonyl (C=O) groups is 1. The van der Waals surface area contributed by atoms with E-state index in [1.807, 2.05) is 18.2 Å². The van der Waals surface area contributed by atoms with Crippen LogP contribution in [0.15, 0.2) is 30.4 Å². The number of hydrogen-bond acceptors (Lipinski definition) is 5. The van der Waals surface area contributed by atoms with E-state index in [9.17, 15) is 14.5 Å². The minimum absolute atomic E-state index is 0.217. The third kappa shape index (κ3) is 5.72. The van der Waals surface area contributed by atoms with E-state index >= 15 is 0 Å². The van der Waals surface area contributed by atoms with E-state index in [0.29, 0.717) is 5.75 Å². The van der Waals surface area contributed by atoms with E-state index in [-0.39, 0.29) is 16.6 Å². The normalized spacial score (nSPS) is 14.1. The average Bonchev–Trinajstić information content (AvgIpc) is 2.63. The molecular weight excluding hydrogens is 399 g/mol. The second-order valence-corrected chi connectivity index (χ2v) is 12.8. The molecule has 0 saturated heterocycles. The van der Waals surface area contributed by atoms with Crippen LogP contribution in [0.3, 0.4) is 0 Å². The molecule has 0 saturated carbocycles. The Hall–Kier alpha value is -1.68. The predicted molar refractivity (Wildman–Crippen MR) is 124 cm³/mol. The van der Waals surface area contributed by atoms with E-state index in [4.69, 9.17) is 9.05 Å². The smallest absolute Gasteiger partial charge is 0.343 e. The van der Waals surface area contributed by atoms with Crippen molar-refractivity contribution in [3.63, 3.8) is 0 Å². The van der Waals surface area contributed by atoms with Crippen LogP contribution in [0, 0.1) is 0 Å². The van der Waals surface area contributed by atoms with Crippen LogP contribution in [0.4, 0.5) is 0 Å². The Kier molecular flexibility index (Phi) is 8.10. The van der Waals surface area contributed by atoms with Gasteiger partial charge in [0.1, 0.15) is 10.9 Å². The van der Waals surface area contributed by atoms with E-state index < -0.39 is 12.8 Å². The molecular formula is C24H37O5P. The number of ketones is 1. The molecule has 0 atom stereocenters. The van der Waals surface area contributed by atoms with Crippen molar-refractivity contribution in [3.05, 3.63) is 47.1 Å². The Morgan fingerprint density at radius 2 is 1.33 bits per heavy atom. The van der Waals surface area contributed by atoms with Gasteiger partial charge in [0.2, 0.25) is 0 Å². The lowest BCUT2D eigenvalue weighted by molar-refractivity contribution is -0.116. The SMILES string of the molecule is COP(=O)(OC)C(C)(C)C(=O)/C=C/C=C/c1cc(C(C)(C)C)c(O)c(C(C)(C)C)c1. The van der Waals surface area contributed by atoms with E-state index in [0.717, 1.165) is 16.7 Å². The minimum Gasteiger partial charge on any atom is -0.507 e. The molecule has 0 aromatic heterocycles. The van der Waals surface area contributed by atoms with Gasteiger partial charge in [0.05, 0.1) is 0 Å². The third-order valence-electron chi connectivity index (χ3n) is 5.16. The monoisotopic (exact) mass is 436 g/mol. The third-order valence-corrected chi connectivity index (χ3v) is 7.72. The zero-order valence-corrected chi connectivity index (χ0v) is 20.9. The largest absolute Gasteiger partial charge is 0.507 e. The molecule has 5 nitrogen and oxygen atoms in total. The lowest BCUT2D eigenvalue weighted by Crippen LogP contribution is -2.31. The van der Waals surface area contributed by atoms with Crippen LogP contribution in [0.25, 0.3) is 6.08 Å². The Morgan fingerprint density at radius 1 is 0.900 bits per heavy atom. The highest BCUT2D eigenvalue weighted by Crippen LogP contribution is 2.59. The van der Waals surface area contributed by atoms with Crippen molar-refractivity contribution in [1.82, 2.24) is 0 Å².